The number of nitrogens with zero attached hydrogens (tertiary/aromatic N) is 3. The Bertz CT molecular complexity index is 985. The Balaban J connectivity index is 1.21. The van der Waals surface area contributed by atoms with Crippen LogP contribution >= 0.6 is 0 Å². The number of fused-ring (bicyclic) bond motifs is 1. The van der Waals surface area contributed by atoms with E-state index < -0.39 is 0 Å². The Labute approximate surface area is 166 Å². The van der Waals surface area contributed by atoms with Crippen molar-refractivity contribution in [2.75, 3.05) is 35.8 Å². The fraction of sp³-hybridized carbons (Fsp3) is 0.158. The summed E-state index contributed by atoms with van der Waals surface area (Å²) in [5.41, 5.74) is 0.626. The van der Waals surface area contributed by atoms with Gasteiger partial charge in [-0.25, -0.2) is 19.7 Å². The summed E-state index contributed by atoms with van der Waals surface area (Å²) in [6.07, 6.45) is 3.15. The van der Waals surface area contributed by atoms with Crippen LogP contribution in [0.2, 0.25) is 0 Å². The minimum absolute atomic E-state index is 0.193. The number of aromatic nitrogens is 3. The average Bonchev–Trinajstić information content (AvgIpc) is 3.20. The number of pyridine rings is 1. The molecule has 0 radical (unpaired) electrons. The van der Waals surface area contributed by atoms with E-state index in [1.165, 1.54) is 6.33 Å². The van der Waals surface area contributed by atoms with Gasteiger partial charge < -0.3 is 30.7 Å². The third kappa shape index (κ3) is 5.01. The molecule has 2 amide bonds. The van der Waals surface area contributed by atoms with Gasteiger partial charge in [0.2, 0.25) is 6.79 Å². The number of ether oxygens (including phenoxy) is 2. The molecule has 0 atom stereocenters. The summed E-state index contributed by atoms with van der Waals surface area (Å²) < 4.78 is 10.5. The zero-order valence-corrected chi connectivity index (χ0v) is 15.4. The second-order valence-corrected chi connectivity index (χ2v) is 6.00. The molecular formula is C19H19N7O3. The molecule has 1 aliphatic heterocycles. The van der Waals surface area contributed by atoms with Crippen LogP contribution in [0, 0.1) is 0 Å². The van der Waals surface area contributed by atoms with E-state index >= 15 is 0 Å². The molecular weight excluding hydrogens is 374 g/mol. The molecule has 148 valence electrons. The molecule has 1 aliphatic rings. The molecule has 3 heterocycles. The topological polar surface area (TPSA) is 122 Å². The number of anilines is 4. The van der Waals surface area contributed by atoms with Crippen molar-refractivity contribution in [2.45, 2.75) is 0 Å². The molecule has 0 unspecified atom stereocenters. The smallest absolute Gasteiger partial charge is 0.319 e. The highest BCUT2D eigenvalue weighted by Crippen LogP contribution is 2.34. The van der Waals surface area contributed by atoms with Crippen LogP contribution < -0.4 is 30.7 Å². The van der Waals surface area contributed by atoms with E-state index in [1.807, 2.05) is 18.2 Å². The Morgan fingerprint density at radius 2 is 1.83 bits per heavy atom. The maximum atomic E-state index is 12.0. The van der Waals surface area contributed by atoms with Crippen LogP contribution in [-0.2, 0) is 0 Å². The number of benzene rings is 1. The summed E-state index contributed by atoms with van der Waals surface area (Å²) in [6, 6.07) is 12.2. The molecule has 3 aromatic rings. The van der Waals surface area contributed by atoms with Crippen molar-refractivity contribution in [2.24, 2.45) is 0 Å². The molecule has 2 aromatic heterocycles. The molecule has 10 heteroatoms. The number of urea groups is 1. The van der Waals surface area contributed by atoms with Gasteiger partial charge in [0.1, 0.15) is 23.8 Å². The number of nitrogens with one attached hydrogen (secondary N) is 4. The Morgan fingerprint density at radius 3 is 2.72 bits per heavy atom. The van der Waals surface area contributed by atoms with Gasteiger partial charge in [-0.15, -0.1) is 0 Å². The van der Waals surface area contributed by atoms with Gasteiger partial charge in [0.15, 0.2) is 11.5 Å². The first-order valence-corrected chi connectivity index (χ1v) is 8.95. The Hall–Kier alpha value is -4.08. The van der Waals surface area contributed by atoms with Gasteiger partial charge in [-0.3, -0.25) is 0 Å². The van der Waals surface area contributed by atoms with Gasteiger partial charge in [0, 0.05) is 37.1 Å². The second kappa shape index (κ2) is 8.74. The molecule has 29 heavy (non-hydrogen) atoms. The van der Waals surface area contributed by atoms with Crippen LogP contribution in [0.3, 0.4) is 0 Å². The number of carbonyl (C=O) groups excluding carboxylic acids is 1. The van der Waals surface area contributed by atoms with Crippen LogP contribution in [0.1, 0.15) is 0 Å². The zero-order valence-electron chi connectivity index (χ0n) is 15.4. The molecule has 10 nitrogen and oxygen atoms in total. The molecule has 1 aromatic carbocycles. The zero-order chi connectivity index (χ0) is 19.9. The van der Waals surface area contributed by atoms with Crippen LogP contribution in [0.25, 0.3) is 0 Å². The number of hydrogen-bond donors (Lipinski definition) is 4. The van der Waals surface area contributed by atoms with Gasteiger partial charge in [-0.2, -0.15) is 0 Å². The highest BCUT2D eigenvalue weighted by molar-refractivity contribution is 5.89. The maximum absolute atomic E-state index is 12.0. The lowest BCUT2D eigenvalue weighted by molar-refractivity contribution is 0.174. The molecule has 4 N–H and O–H groups in total. The van der Waals surface area contributed by atoms with Crippen LogP contribution in [0.4, 0.5) is 27.9 Å². The van der Waals surface area contributed by atoms with Gasteiger partial charge in [0.25, 0.3) is 0 Å². The van der Waals surface area contributed by atoms with Gasteiger partial charge in [-0.1, -0.05) is 6.07 Å². The van der Waals surface area contributed by atoms with E-state index in [9.17, 15) is 4.79 Å². The molecule has 0 bridgehead atoms. The lowest BCUT2D eigenvalue weighted by Gasteiger charge is -2.10. The number of rotatable bonds is 7. The third-order valence-electron chi connectivity index (χ3n) is 3.94. The van der Waals surface area contributed by atoms with E-state index in [2.05, 4.69) is 36.2 Å². The van der Waals surface area contributed by atoms with E-state index in [0.717, 1.165) is 0 Å². The van der Waals surface area contributed by atoms with Crippen molar-refractivity contribution < 1.29 is 14.3 Å². The molecule has 0 fully saturated rings. The summed E-state index contributed by atoms with van der Waals surface area (Å²) in [6.45, 7) is 1.09. The van der Waals surface area contributed by atoms with Crippen LogP contribution in [0.15, 0.2) is 55.0 Å². The summed E-state index contributed by atoms with van der Waals surface area (Å²) in [5.74, 6) is 3.23. The minimum atomic E-state index is -0.314. The van der Waals surface area contributed by atoms with E-state index in [0.29, 0.717) is 47.7 Å². The molecule has 0 spiro atoms. The Kier molecular flexibility index (Phi) is 5.51. The van der Waals surface area contributed by atoms with E-state index in [4.69, 9.17) is 9.47 Å². The van der Waals surface area contributed by atoms with E-state index in [1.54, 1.807) is 30.5 Å². The van der Waals surface area contributed by atoms with Crippen molar-refractivity contribution in [1.29, 1.82) is 0 Å². The third-order valence-corrected chi connectivity index (χ3v) is 3.94. The first-order valence-electron chi connectivity index (χ1n) is 8.95. The minimum Gasteiger partial charge on any atom is -0.454 e. The predicted octanol–water partition coefficient (Wildman–Crippen LogP) is 2.58. The molecule has 4 rings (SSSR count). The summed E-state index contributed by atoms with van der Waals surface area (Å²) >= 11 is 0. The average molecular weight is 393 g/mol. The quantitative estimate of drug-likeness (QED) is 0.452. The maximum Gasteiger partial charge on any atom is 0.319 e. The lowest BCUT2D eigenvalue weighted by Crippen LogP contribution is -2.32. The van der Waals surface area contributed by atoms with Crippen molar-refractivity contribution >= 4 is 29.2 Å². The summed E-state index contributed by atoms with van der Waals surface area (Å²) in [7, 11) is 0. The first-order chi connectivity index (χ1) is 14.3. The number of carbonyl (C=O) groups is 1. The SMILES string of the molecule is O=C(NCCNc1cc(Nc2ccccn2)ncn1)Nc1ccc2c(c1)OCO2. The molecule has 0 aliphatic carbocycles. The normalized spacial score (nSPS) is 11.6. The van der Waals surface area contributed by atoms with Gasteiger partial charge >= 0.3 is 6.03 Å². The highest BCUT2D eigenvalue weighted by atomic mass is 16.7. The van der Waals surface area contributed by atoms with E-state index in [-0.39, 0.29) is 12.8 Å². The highest BCUT2D eigenvalue weighted by Gasteiger charge is 2.13. The fourth-order valence-electron chi connectivity index (χ4n) is 2.61. The van der Waals surface area contributed by atoms with Crippen molar-refractivity contribution in [3.8, 4) is 11.5 Å². The fourth-order valence-corrected chi connectivity index (χ4v) is 2.61. The molecule has 0 saturated carbocycles. The number of amides is 2. The Morgan fingerprint density at radius 1 is 0.931 bits per heavy atom. The largest absolute Gasteiger partial charge is 0.454 e. The second-order valence-electron chi connectivity index (χ2n) is 6.00. The van der Waals surface area contributed by atoms with Crippen molar-refractivity contribution in [1.82, 2.24) is 20.3 Å². The monoisotopic (exact) mass is 393 g/mol. The summed E-state index contributed by atoms with van der Waals surface area (Å²) in [5, 5.41) is 11.8. The first kappa shape index (κ1) is 18.3. The van der Waals surface area contributed by atoms with Crippen molar-refractivity contribution in [3.63, 3.8) is 0 Å². The summed E-state index contributed by atoms with van der Waals surface area (Å²) in [4.78, 5) is 24.5. The number of hydrogen-bond acceptors (Lipinski definition) is 8. The van der Waals surface area contributed by atoms with Gasteiger partial charge in [0.05, 0.1) is 0 Å². The van der Waals surface area contributed by atoms with Crippen LogP contribution in [0.5, 0.6) is 11.5 Å². The molecule has 0 saturated heterocycles. The standard InChI is InChI=1S/C19H19N7O3/c27-19(25-13-4-5-14-15(9-13)29-12-28-14)22-8-7-21-17-10-18(24-11-23-17)26-16-3-1-2-6-20-16/h1-6,9-11H,7-8,12H2,(H2,22,25,27)(H2,20,21,23,24,26). The lowest BCUT2D eigenvalue weighted by atomic mass is 10.3. The van der Waals surface area contributed by atoms with Crippen LogP contribution in [-0.4, -0.2) is 40.9 Å². The van der Waals surface area contributed by atoms with Gasteiger partial charge in [-0.05, 0) is 24.3 Å². The predicted molar refractivity (Wildman–Crippen MR) is 108 cm³/mol. The van der Waals surface area contributed by atoms with Crippen molar-refractivity contribution in [3.05, 3.63) is 55.0 Å².